The second-order valence-electron chi connectivity index (χ2n) is 6.77. The Labute approximate surface area is 183 Å². The molecule has 1 fully saturated rings. The molecule has 0 spiro atoms. The third kappa shape index (κ3) is 5.40. The molecule has 11 heteroatoms. The van der Waals surface area contributed by atoms with Gasteiger partial charge in [-0.1, -0.05) is 29.3 Å². The summed E-state index contributed by atoms with van der Waals surface area (Å²) in [4.78, 5) is 14.1. The number of piperidine rings is 1. The predicted octanol–water partition coefficient (Wildman–Crippen LogP) is 4.41. The number of nitrogens with zero attached hydrogens (tertiary/aromatic N) is 1. The van der Waals surface area contributed by atoms with Gasteiger partial charge in [0.1, 0.15) is 10.0 Å². The number of hydrogen-bond acceptors (Lipinski definition) is 4. The molecule has 1 aromatic heterocycles. The van der Waals surface area contributed by atoms with Crippen LogP contribution >= 0.6 is 34.5 Å². The van der Waals surface area contributed by atoms with Gasteiger partial charge in [0, 0.05) is 24.2 Å². The minimum absolute atomic E-state index is 0.0793. The van der Waals surface area contributed by atoms with Crippen molar-refractivity contribution in [3.05, 3.63) is 51.1 Å². The molecule has 0 aliphatic carbocycles. The van der Waals surface area contributed by atoms with Crippen molar-refractivity contribution >= 4 is 50.6 Å². The number of carbonyl (C=O) groups is 1. The van der Waals surface area contributed by atoms with Gasteiger partial charge >= 0.3 is 6.03 Å². The predicted molar refractivity (Wildman–Crippen MR) is 113 cm³/mol. The number of urea groups is 1. The molecule has 1 aliphatic rings. The van der Waals surface area contributed by atoms with Crippen molar-refractivity contribution in [2.45, 2.75) is 36.1 Å². The van der Waals surface area contributed by atoms with E-state index in [1.165, 1.54) is 12.1 Å². The Bertz CT molecular complexity index is 978. The Morgan fingerprint density at radius 1 is 1.28 bits per heavy atom. The average Bonchev–Trinajstić information content (AvgIpc) is 3.20. The Balaban J connectivity index is 1.54. The highest BCUT2D eigenvalue weighted by Gasteiger charge is 2.28. The average molecular weight is 480 g/mol. The van der Waals surface area contributed by atoms with Crippen LogP contribution in [0.1, 0.15) is 31.4 Å². The van der Waals surface area contributed by atoms with Crippen LogP contribution in [0.25, 0.3) is 0 Å². The first-order valence-corrected chi connectivity index (χ1v) is 12.0. The zero-order chi connectivity index (χ0) is 21.2. The van der Waals surface area contributed by atoms with Gasteiger partial charge in [-0.05, 0) is 48.9 Å². The van der Waals surface area contributed by atoms with E-state index in [4.69, 9.17) is 23.2 Å². The molecule has 0 saturated carbocycles. The van der Waals surface area contributed by atoms with Gasteiger partial charge in [0.05, 0.1) is 11.1 Å². The minimum Gasteiger partial charge on any atom is -0.331 e. The standard InChI is InChI=1S/C18H20Cl2FN3O3S2/c1-11(13-9-16(21)15(20)10-14(13)19)22-18(25)24-6-4-12(5-7-24)23-29(26,27)17-3-2-8-28-17/h2-3,8-12,23H,4-7H2,1H3,(H,22,25). The van der Waals surface area contributed by atoms with Gasteiger partial charge < -0.3 is 10.2 Å². The molecule has 2 heterocycles. The van der Waals surface area contributed by atoms with Crippen LogP contribution in [-0.2, 0) is 10.0 Å². The monoisotopic (exact) mass is 479 g/mol. The number of carbonyl (C=O) groups excluding carboxylic acids is 1. The lowest BCUT2D eigenvalue weighted by Gasteiger charge is -2.33. The van der Waals surface area contributed by atoms with Gasteiger partial charge in [-0.25, -0.2) is 22.3 Å². The van der Waals surface area contributed by atoms with E-state index in [-0.39, 0.29) is 26.3 Å². The Morgan fingerprint density at radius 2 is 1.97 bits per heavy atom. The molecule has 6 nitrogen and oxygen atoms in total. The van der Waals surface area contributed by atoms with Crippen LogP contribution in [0.3, 0.4) is 0 Å². The fourth-order valence-corrected chi connectivity index (χ4v) is 5.98. The van der Waals surface area contributed by atoms with Crippen LogP contribution < -0.4 is 10.0 Å². The lowest BCUT2D eigenvalue weighted by Crippen LogP contribution is -2.49. The topological polar surface area (TPSA) is 78.5 Å². The molecule has 0 bridgehead atoms. The fourth-order valence-electron chi connectivity index (χ4n) is 3.12. The Morgan fingerprint density at radius 3 is 2.59 bits per heavy atom. The summed E-state index contributed by atoms with van der Waals surface area (Å²) in [6.45, 7) is 2.51. The molecule has 2 N–H and O–H groups in total. The summed E-state index contributed by atoms with van der Waals surface area (Å²) in [6.07, 6.45) is 1.01. The van der Waals surface area contributed by atoms with Crippen molar-refractivity contribution in [3.63, 3.8) is 0 Å². The molecule has 1 unspecified atom stereocenters. The van der Waals surface area contributed by atoms with Crippen molar-refractivity contribution < 1.29 is 17.6 Å². The number of rotatable bonds is 5. The van der Waals surface area contributed by atoms with E-state index in [0.29, 0.717) is 31.5 Å². The van der Waals surface area contributed by atoms with Gasteiger partial charge in [0.25, 0.3) is 0 Å². The third-order valence-corrected chi connectivity index (χ3v) is 8.24. The molecule has 1 aromatic carbocycles. The van der Waals surface area contributed by atoms with E-state index < -0.39 is 21.9 Å². The zero-order valence-corrected chi connectivity index (χ0v) is 18.6. The zero-order valence-electron chi connectivity index (χ0n) is 15.5. The van der Waals surface area contributed by atoms with Gasteiger partial charge in [0.15, 0.2) is 0 Å². The van der Waals surface area contributed by atoms with Crippen molar-refractivity contribution in [3.8, 4) is 0 Å². The Hall–Kier alpha value is -1.39. The molecule has 2 amide bonds. The summed E-state index contributed by atoms with van der Waals surface area (Å²) in [6, 6.07) is 4.69. The Kier molecular flexibility index (Phi) is 7.06. The minimum atomic E-state index is -3.53. The highest BCUT2D eigenvalue weighted by atomic mass is 35.5. The van der Waals surface area contributed by atoms with E-state index in [2.05, 4.69) is 10.0 Å². The van der Waals surface area contributed by atoms with Crippen LogP contribution in [0.4, 0.5) is 9.18 Å². The SMILES string of the molecule is CC(NC(=O)N1CCC(NS(=O)(=O)c2cccs2)CC1)c1cc(F)c(Cl)cc1Cl. The quantitative estimate of drug-likeness (QED) is 0.623. The number of likely N-dealkylation sites (tertiary alicyclic amines) is 1. The molecular formula is C18H20Cl2FN3O3S2. The summed E-state index contributed by atoms with van der Waals surface area (Å²) in [7, 11) is -3.53. The second kappa shape index (κ2) is 9.18. The smallest absolute Gasteiger partial charge is 0.317 e. The lowest BCUT2D eigenvalue weighted by atomic mass is 10.1. The molecule has 1 aliphatic heterocycles. The van der Waals surface area contributed by atoms with E-state index >= 15 is 0 Å². The van der Waals surface area contributed by atoms with Crippen molar-refractivity contribution in [1.82, 2.24) is 14.9 Å². The number of amides is 2. The normalized spacial score (nSPS) is 16.6. The number of hydrogen-bond donors (Lipinski definition) is 2. The fraction of sp³-hybridized carbons (Fsp3) is 0.389. The molecule has 1 saturated heterocycles. The summed E-state index contributed by atoms with van der Waals surface area (Å²) >= 11 is 13.0. The highest BCUT2D eigenvalue weighted by molar-refractivity contribution is 7.91. The van der Waals surface area contributed by atoms with Crippen LogP contribution in [0.5, 0.6) is 0 Å². The van der Waals surface area contributed by atoms with Crippen molar-refractivity contribution in [2.75, 3.05) is 13.1 Å². The van der Waals surface area contributed by atoms with Gasteiger partial charge in [0.2, 0.25) is 10.0 Å². The maximum Gasteiger partial charge on any atom is 0.317 e. The van der Waals surface area contributed by atoms with Crippen LogP contribution in [0.15, 0.2) is 33.9 Å². The number of thiophene rings is 1. The van der Waals surface area contributed by atoms with Crippen molar-refractivity contribution in [2.24, 2.45) is 0 Å². The first-order valence-electron chi connectivity index (χ1n) is 8.93. The van der Waals surface area contributed by atoms with E-state index in [0.717, 1.165) is 11.3 Å². The van der Waals surface area contributed by atoms with Crippen molar-refractivity contribution in [1.29, 1.82) is 0 Å². The number of sulfonamides is 1. The maximum absolute atomic E-state index is 13.7. The lowest BCUT2D eigenvalue weighted by molar-refractivity contribution is 0.177. The van der Waals surface area contributed by atoms with E-state index in [1.54, 1.807) is 29.3 Å². The highest BCUT2D eigenvalue weighted by Crippen LogP contribution is 2.29. The molecule has 29 heavy (non-hydrogen) atoms. The maximum atomic E-state index is 13.7. The third-order valence-electron chi connectivity index (χ3n) is 4.71. The molecule has 3 rings (SSSR count). The molecule has 2 aromatic rings. The summed E-state index contributed by atoms with van der Waals surface area (Å²) in [5.41, 5.74) is 0.431. The van der Waals surface area contributed by atoms with Gasteiger partial charge in [-0.15, -0.1) is 11.3 Å². The van der Waals surface area contributed by atoms with E-state index in [9.17, 15) is 17.6 Å². The van der Waals surface area contributed by atoms with E-state index in [1.807, 2.05) is 0 Å². The number of benzene rings is 1. The van der Waals surface area contributed by atoms with Crippen LogP contribution in [-0.4, -0.2) is 38.5 Å². The number of nitrogens with one attached hydrogen (secondary N) is 2. The molecular weight excluding hydrogens is 460 g/mol. The largest absolute Gasteiger partial charge is 0.331 e. The summed E-state index contributed by atoms with van der Waals surface area (Å²) in [5.74, 6) is -0.606. The summed E-state index contributed by atoms with van der Waals surface area (Å²) < 4.78 is 41.3. The molecule has 1 atom stereocenters. The van der Waals surface area contributed by atoms with Crippen LogP contribution in [0, 0.1) is 5.82 Å². The second-order valence-corrected chi connectivity index (χ2v) is 10.5. The number of halogens is 3. The first kappa shape index (κ1) is 22.3. The van der Waals surface area contributed by atoms with Crippen LogP contribution in [0.2, 0.25) is 10.0 Å². The molecule has 158 valence electrons. The van der Waals surface area contributed by atoms with Gasteiger partial charge in [-0.2, -0.15) is 0 Å². The first-order chi connectivity index (χ1) is 13.7. The molecule has 0 radical (unpaired) electrons. The summed E-state index contributed by atoms with van der Waals surface area (Å²) in [5, 5.41) is 4.69. The van der Waals surface area contributed by atoms with Gasteiger partial charge in [-0.3, -0.25) is 0 Å².